The van der Waals surface area contributed by atoms with Crippen molar-refractivity contribution in [3.05, 3.63) is 23.5 Å². The minimum Gasteiger partial charge on any atom is -0.345 e. The second kappa shape index (κ2) is 4.92. The highest BCUT2D eigenvalue weighted by Crippen LogP contribution is 2.35. The molecule has 2 saturated heterocycles. The number of fused-ring (bicyclic) bond motifs is 1. The third-order valence-corrected chi connectivity index (χ3v) is 6.82. The fraction of sp³-hybridized carbons (Fsp3) is 0.500. The van der Waals surface area contributed by atoms with Gasteiger partial charge in [-0.1, -0.05) is 11.6 Å². The maximum Gasteiger partial charge on any atom is 0.245 e. The topological polar surface area (TPSA) is 78.1 Å². The van der Waals surface area contributed by atoms with Crippen LogP contribution in [0.1, 0.15) is 19.3 Å². The smallest absolute Gasteiger partial charge is 0.245 e. The molecule has 0 saturated carbocycles. The quantitative estimate of drug-likeness (QED) is 0.872. The Labute approximate surface area is 133 Å². The molecule has 0 radical (unpaired) electrons. The first-order valence-corrected chi connectivity index (χ1v) is 9.20. The van der Waals surface area contributed by atoms with Crippen LogP contribution < -0.4 is 5.32 Å². The van der Waals surface area contributed by atoms with E-state index >= 15 is 0 Å². The highest BCUT2D eigenvalue weighted by atomic mass is 35.5. The van der Waals surface area contributed by atoms with E-state index in [1.807, 2.05) is 0 Å². The number of rotatable bonds is 2. The van der Waals surface area contributed by atoms with Crippen LogP contribution in [0.25, 0.3) is 11.0 Å². The lowest BCUT2D eigenvalue weighted by molar-refractivity contribution is 0.381. The summed E-state index contributed by atoms with van der Waals surface area (Å²) in [6.07, 6.45) is 6.04. The molecular weight excluding hydrogens is 324 g/mol. The van der Waals surface area contributed by atoms with E-state index in [2.05, 4.69) is 15.3 Å². The van der Waals surface area contributed by atoms with E-state index in [0.717, 1.165) is 25.8 Å². The number of hydrogen-bond donors (Lipinski definition) is 2. The molecule has 0 aliphatic carbocycles. The van der Waals surface area contributed by atoms with Crippen molar-refractivity contribution in [1.29, 1.82) is 0 Å². The molecule has 2 fully saturated rings. The molecule has 1 spiro atoms. The van der Waals surface area contributed by atoms with Crippen molar-refractivity contribution in [2.45, 2.75) is 29.7 Å². The van der Waals surface area contributed by atoms with E-state index in [4.69, 9.17) is 11.6 Å². The molecular formula is C14H17ClN4O2S. The summed E-state index contributed by atoms with van der Waals surface area (Å²) in [5.74, 6) is 0. The number of nitrogens with one attached hydrogen (secondary N) is 2. The molecule has 22 heavy (non-hydrogen) atoms. The van der Waals surface area contributed by atoms with Gasteiger partial charge in [0.1, 0.15) is 10.5 Å². The SMILES string of the molecule is O=S(=O)(c1c[nH]c2ncc(Cl)cc12)N1CCC2(CCCN2)C1. The Balaban J connectivity index is 1.72. The van der Waals surface area contributed by atoms with E-state index in [1.54, 1.807) is 10.4 Å². The van der Waals surface area contributed by atoms with E-state index in [9.17, 15) is 8.42 Å². The zero-order chi connectivity index (χ0) is 15.4. The third-order valence-electron chi connectivity index (χ3n) is 4.73. The van der Waals surface area contributed by atoms with Gasteiger partial charge in [0, 0.05) is 36.4 Å². The first-order chi connectivity index (χ1) is 10.5. The maximum atomic E-state index is 13.0. The summed E-state index contributed by atoms with van der Waals surface area (Å²) >= 11 is 5.96. The fourth-order valence-corrected chi connectivity index (χ4v) is 5.39. The van der Waals surface area contributed by atoms with Gasteiger partial charge >= 0.3 is 0 Å². The van der Waals surface area contributed by atoms with Crippen LogP contribution in [-0.2, 0) is 10.0 Å². The number of halogens is 1. The Morgan fingerprint density at radius 3 is 3.00 bits per heavy atom. The van der Waals surface area contributed by atoms with Gasteiger partial charge in [0.05, 0.1) is 5.02 Å². The highest BCUT2D eigenvalue weighted by Gasteiger charge is 2.44. The molecule has 4 heterocycles. The summed E-state index contributed by atoms with van der Waals surface area (Å²) in [6.45, 7) is 2.06. The molecule has 2 N–H and O–H groups in total. The monoisotopic (exact) mass is 340 g/mol. The number of aromatic nitrogens is 2. The Morgan fingerprint density at radius 1 is 1.36 bits per heavy atom. The van der Waals surface area contributed by atoms with Crippen LogP contribution in [0.3, 0.4) is 0 Å². The van der Waals surface area contributed by atoms with Gasteiger partial charge in [0.2, 0.25) is 10.0 Å². The average molecular weight is 341 g/mol. The van der Waals surface area contributed by atoms with Gasteiger partial charge in [-0.2, -0.15) is 4.31 Å². The molecule has 0 amide bonds. The first-order valence-electron chi connectivity index (χ1n) is 7.38. The molecule has 2 aliphatic rings. The van der Waals surface area contributed by atoms with Crippen LogP contribution in [-0.4, -0.2) is 47.9 Å². The number of H-pyrrole nitrogens is 1. The van der Waals surface area contributed by atoms with Crippen LogP contribution in [0.2, 0.25) is 5.02 Å². The fourth-order valence-electron chi connectivity index (χ4n) is 3.56. The van der Waals surface area contributed by atoms with E-state index in [1.165, 1.54) is 12.4 Å². The number of aromatic amines is 1. The molecule has 2 aromatic rings. The summed E-state index contributed by atoms with van der Waals surface area (Å²) in [5, 5.41) is 4.46. The second-order valence-electron chi connectivity index (χ2n) is 6.10. The van der Waals surface area contributed by atoms with E-state index in [-0.39, 0.29) is 10.4 Å². The number of sulfonamides is 1. The van der Waals surface area contributed by atoms with Crippen LogP contribution in [0.4, 0.5) is 0 Å². The summed E-state index contributed by atoms with van der Waals surface area (Å²) in [6, 6.07) is 1.65. The van der Waals surface area contributed by atoms with Crippen LogP contribution >= 0.6 is 11.6 Å². The molecule has 6 nitrogen and oxygen atoms in total. The van der Waals surface area contributed by atoms with Gasteiger partial charge in [0.25, 0.3) is 0 Å². The lowest BCUT2D eigenvalue weighted by atomic mass is 9.97. The van der Waals surface area contributed by atoms with Gasteiger partial charge in [-0.3, -0.25) is 0 Å². The normalized spacial score (nSPS) is 26.4. The summed E-state index contributed by atoms with van der Waals surface area (Å²) in [4.78, 5) is 7.30. The van der Waals surface area contributed by atoms with Crippen LogP contribution in [0, 0.1) is 0 Å². The second-order valence-corrected chi connectivity index (χ2v) is 8.44. The van der Waals surface area contributed by atoms with Gasteiger partial charge in [-0.15, -0.1) is 0 Å². The number of nitrogens with zero attached hydrogens (tertiary/aromatic N) is 2. The van der Waals surface area contributed by atoms with E-state index < -0.39 is 10.0 Å². The summed E-state index contributed by atoms with van der Waals surface area (Å²) in [5.41, 5.74) is 0.505. The molecule has 2 aromatic heterocycles. The summed E-state index contributed by atoms with van der Waals surface area (Å²) in [7, 11) is -3.54. The van der Waals surface area contributed by atoms with Gasteiger partial charge in [-0.25, -0.2) is 13.4 Å². The zero-order valence-corrected chi connectivity index (χ0v) is 13.5. The van der Waals surface area contributed by atoms with Crippen molar-refractivity contribution in [2.24, 2.45) is 0 Å². The van der Waals surface area contributed by atoms with Gasteiger partial charge in [-0.05, 0) is 31.9 Å². The van der Waals surface area contributed by atoms with Crippen molar-refractivity contribution >= 4 is 32.7 Å². The lowest BCUT2D eigenvalue weighted by Crippen LogP contribution is -2.43. The molecule has 8 heteroatoms. The minimum absolute atomic E-state index is 0.0327. The standard InChI is InChI=1S/C14H17ClN4O2S/c15-10-6-11-12(8-17-13(11)16-7-10)22(20,21)19-5-3-14(9-19)2-1-4-18-14/h6-8,18H,1-5,9H2,(H,16,17). The molecule has 4 rings (SSSR count). The Bertz CT molecular complexity index is 826. The van der Waals surface area contributed by atoms with Gasteiger partial charge in [0.15, 0.2) is 0 Å². The Morgan fingerprint density at radius 2 is 2.23 bits per heavy atom. The van der Waals surface area contributed by atoms with Crippen LogP contribution in [0.5, 0.6) is 0 Å². The third kappa shape index (κ3) is 2.15. The van der Waals surface area contributed by atoms with Crippen molar-refractivity contribution in [1.82, 2.24) is 19.6 Å². The van der Waals surface area contributed by atoms with Crippen LogP contribution in [0.15, 0.2) is 23.4 Å². The molecule has 118 valence electrons. The first kappa shape index (κ1) is 14.4. The molecule has 0 aromatic carbocycles. The highest BCUT2D eigenvalue weighted by molar-refractivity contribution is 7.89. The summed E-state index contributed by atoms with van der Waals surface area (Å²) < 4.78 is 27.5. The minimum atomic E-state index is -3.54. The average Bonchev–Trinajstić information content (AvgIpc) is 3.20. The molecule has 1 atom stereocenters. The largest absolute Gasteiger partial charge is 0.345 e. The van der Waals surface area contributed by atoms with Gasteiger partial charge < -0.3 is 10.3 Å². The van der Waals surface area contributed by atoms with Crippen molar-refractivity contribution in [3.63, 3.8) is 0 Å². The maximum absolute atomic E-state index is 13.0. The number of pyridine rings is 1. The van der Waals surface area contributed by atoms with Crippen molar-refractivity contribution < 1.29 is 8.42 Å². The Hall–Kier alpha value is -1.15. The number of hydrogen-bond acceptors (Lipinski definition) is 4. The molecule has 0 bridgehead atoms. The Kier molecular flexibility index (Phi) is 3.23. The molecule has 1 unspecified atom stereocenters. The predicted molar refractivity (Wildman–Crippen MR) is 84.4 cm³/mol. The lowest BCUT2D eigenvalue weighted by Gasteiger charge is -2.24. The van der Waals surface area contributed by atoms with Crippen molar-refractivity contribution in [2.75, 3.05) is 19.6 Å². The zero-order valence-electron chi connectivity index (χ0n) is 12.0. The van der Waals surface area contributed by atoms with Crippen molar-refractivity contribution in [3.8, 4) is 0 Å². The van der Waals surface area contributed by atoms with E-state index in [0.29, 0.717) is 29.1 Å². The molecule has 2 aliphatic heterocycles. The predicted octanol–water partition coefficient (Wildman–Crippen LogP) is 1.73.